The molecule has 11 heteroatoms. The van der Waals surface area contributed by atoms with Gasteiger partial charge >= 0.3 is 5.69 Å². The van der Waals surface area contributed by atoms with Gasteiger partial charge in [-0.25, -0.2) is 9.18 Å². The van der Waals surface area contributed by atoms with Gasteiger partial charge in [-0.05, 0) is 74.1 Å². The Morgan fingerprint density at radius 3 is 2.71 bits per heavy atom. The molecule has 4 rings (SSSR count). The molecule has 0 aliphatic heterocycles. The largest absolute Gasteiger partial charge is 0.370 e. The Labute approximate surface area is 242 Å². The molecule has 0 saturated heterocycles. The molecule has 2 atom stereocenters. The van der Waals surface area contributed by atoms with Crippen molar-refractivity contribution in [3.05, 3.63) is 93.8 Å². The normalized spacial score (nSPS) is 12.8. The van der Waals surface area contributed by atoms with Gasteiger partial charge in [-0.2, -0.15) is 4.98 Å². The van der Waals surface area contributed by atoms with Crippen LogP contribution < -0.4 is 22.5 Å². The van der Waals surface area contributed by atoms with Gasteiger partial charge in [0, 0.05) is 29.7 Å². The fraction of sp³-hybridized carbons (Fsp3) is 0.300. The average Bonchev–Trinajstić information content (AvgIpc) is 3.34. The van der Waals surface area contributed by atoms with Crippen LogP contribution in [0.5, 0.6) is 0 Å². The van der Waals surface area contributed by atoms with Gasteiger partial charge in [0.1, 0.15) is 5.65 Å². The van der Waals surface area contributed by atoms with E-state index in [0.29, 0.717) is 47.6 Å². The average molecular weight is 580 g/mol. The molecule has 0 radical (unpaired) electrons. The molecule has 0 spiro atoms. The minimum atomic E-state index is -0.531. The molecule has 41 heavy (non-hydrogen) atoms. The smallest absolute Gasteiger partial charge is 0.354 e. The first-order valence-corrected chi connectivity index (χ1v) is 13.8. The molecule has 0 bridgehead atoms. The number of nitrogens with two attached hydrogens (primary N) is 2. The molecule has 0 fully saturated rings. The van der Waals surface area contributed by atoms with Gasteiger partial charge in [-0.15, -0.1) is 6.58 Å². The first-order chi connectivity index (χ1) is 19.6. The van der Waals surface area contributed by atoms with Crippen molar-refractivity contribution in [3.8, 4) is 16.9 Å². The number of halogens is 2. The van der Waals surface area contributed by atoms with Gasteiger partial charge in [0.25, 0.3) is 0 Å². The predicted octanol–water partition coefficient (Wildman–Crippen LogP) is 4.79. The molecule has 2 aromatic heterocycles. The summed E-state index contributed by atoms with van der Waals surface area (Å²) in [5.41, 5.74) is 14.3. The summed E-state index contributed by atoms with van der Waals surface area (Å²) in [5.74, 6) is -0.618. The Bertz CT molecular complexity index is 1580. The van der Waals surface area contributed by atoms with E-state index < -0.39 is 11.5 Å². The molecule has 0 aliphatic carbocycles. The molecular formula is C30H35ClFN7O2. The van der Waals surface area contributed by atoms with Crippen molar-refractivity contribution in [1.82, 2.24) is 19.9 Å². The van der Waals surface area contributed by atoms with Crippen molar-refractivity contribution < 1.29 is 9.13 Å². The summed E-state index contributed by atoms with van der Waals surface area (Å²) in [6.07, 6.45) is 6.26. The number of rotatable bonds is 13. The highest BCUT2D eigenvalue weighted by Crippen LogP contribution is 2.31. The number of aromatic nitrogens is 3. The summed E-state index contributed by atoms with van der Waals surface area (Å²) in [6.45, 7) is 6.60. The first kappa shape index (κ1) is 30.0. The van der Waals surface area contributed by atoms with Crippen LogP contribution in [0.15, 0.2) is 66.1 Å². The van der Waals surface area contributed by atoms with Crippen LogP contribution in [0.25, 0.3) is 28.0 Å². The van der Waals surface area contributed by atoms with Crippen LogP contribution in [0.4, 0.5) is 4.39 Å². The van der Waals surface area contributed by atoms with Crippen LogP contribution in [0.1, 0.15) is 37.3 Å². The van der Waals surface area contributed by atoms with E-state index >= 15 is 4.39 Å². The van der Waals surface area contributed by atoms with Gasteiger partial charge in [0.2, 0.25) is 0 Å². The molecule has 4 aromatic rings. The number of aromatic amines is 1. The fourth-order valence-electron chi connectivity index (χ4n) is 4.51. The van der Waals surface area contributed by atoms with Crippen molar-refractivity contribution in [2.45, 2.75) is 51.4 Å². The van der Waals surface area contributed by atoms with Crippen molar-refractivity contribution in [1.29, 1.82) is 5.41 Å². The maximum absolute atomic E-state index is 15.0. The van der Waals surface area contributed by atoms with Crippen molar-refractivity contribution >= 4 is 28.6 Å². The summed E-state index contributed by atoms with van der Waals surface area (Å²) < 4.78 is 22.4. The molecule has 7 N–H and O–H groups in total. The second-order valence-corrected chi connectivity index (χ2v) is 10.5. The molecule has 2 aromatic carbocycles. The third-order valence-electron chi connectivity index (χ3n) is 6.70. The lowest BCUT2D eigenvalue weighted by atomic mass is 10.0. The first-order valence-electron chi connectivity index (χ1n) is 13.4. The maximum atomic E-state index is 15.0. The van der Waals surface area contributed by atoms with Gasteiger partial charge in [0.15, 0.2) is 11.8 Å². The fourth-order valence-corrected chi connectivity index (χ4v) is 4.75. The third kappa shape index (κ3) is 7.81. The van der Waals surface area contributed by atoms with E-state index in [0.717, 1.165) is 30.4 Å². The zero-order chi connectivity index (χ0) is 29.5. The number of fused-ring (bicyclic) bond motifs is 1. The second-order valence-electron chi connectivity index (χ2n) is 10.1. The zero-order valence-corrected chi connectivity index (χ0v) is 23.7. The summed E-state index contributed by atoms with van der Waals surface area (Å²) in [5, 5.41) is 10.7. The van der Waals surface area contributed by atoms with E-state index in [4.69, 9.17) is 33.2 Å². The standard InChI is InChI=1S/C30H35ClFN7O2/c1-3-23(11-12-36-29(34)35)41-17-19-7-9-22(10-8-19)39-16-21-15-26(37-28(21)38-30(39)40)24-13-20(6-4-5-18(2)33)14-25(31)27(24)32/h3,7-10,13-16,18,23H,1,4-6,11-12,17,33H2,2H3,(H4,34,35,36)(H,37,38,40)/t18-,23-/m0/s1. The minimum Gasteiger partial charge on any atom is -0.370 e. The van der Waals surface area contributed by atoms with Crippen LogP contribution in [0, 0.1) is 11.2 Å². The second kappa shape index (κ2) is 13.6. The summed E-state index contributed by atoms with van der Waals surface area (Å²) in [4.78, 5) is 20.1. The van der Waals surface area contributed by atoms with E-state index in [1.165, 1.54) is 4.57 Å². The lowest BCUT2D eigenvalue weighted by Crippen LogP contribution is -2.32. The van der Waals surface area contributed by atoms with E-state index in [2.05, 4.69) is 21.9 Å². The monoisotopic (exact) mass is 579 g/mol. The zero-order valence-electron chi connectivity index (χ0n) is 22.9. The number of ether oxygens (including phenoxy) is 1. The Hall–Kier alpha value is -3.99. The third-order valence-corrected chi connectivity index (χ3v) is 6.97. The maximum Gasteiger partial charge on any atom is 0.354 e. The SMILES string of the molecule is C=C[C@@H](CCNC(=N)N)OCc1ccc(-n2cc3cc(-c4cc(CCC[C@H](C)N)cc(Cl)c4F)[nH]c3nc2=O)cc1. The van der Waals surface area contributed by atoms with Crippen LogP contribution in [-0.4, -0.2) is 39.2 Å². The van der Waals surface area contributed by atoms with Crippen LogP contribution in [-0.2, 0) is 17.8 Å². The number of guanidine groups is 1. The number of nitrogens with one attached hydrogen (secondary N) is 3. The molecular weight excluding hydrogens is 545 g/mol. The number of hydrogen-bond donors (Lipinski definition) is 5. The number of hydrogen-bond acceptors (Lipinski definition) is 5. The molecule has 0 aliphatic rings. The molecule has 9 nitrogen and oxygen atoms in total. The van der Waals surface area contributed by atoms with Gasteiger partial charge in [-0.3, -0.25) is 9.98 Å². The Balaban J connectivity index is 1.51. The molecule has 0 amide bonds. The van der Waals surface area contributed by atoms with Crippen LogP contribution >= 0.6 is 11.6 Å². The van der Waals surface area contributed by atoms with Crippen molar-refractivity contribution in [3.63, 3.8) is 0 Å². The highest BCUT2D eigenvalue weighted by atomic mass is 35.5. The molecule has 216 valence electrons. The van der Waals surface area contributed by atoms with Crippen LogP contribution in [0.3, 0.4) is 0 Å². The summed E-state index contributed by atoms with van der Waals surface area (Å²) in [7, 11) is 0. The van der Waals surface area contributed by atoms with E-state index in [9.17, 15) is 4.79 Å². The van der Waals surface area contributed by atoms with E-state index in [1.54, 1.807) is 30.5 Å². The highest BCUT2D eigenvalue weighted by Gasteiger charge is 2.16. The van der Waals surface area contributed by atoms with E-state index in [1.807, 2.05) is 31.2 Å². The minimum absolute atomic E-state index is 0.0423. The predicted molar refractivity (Wildman–Crippen MR) is 162 cm³/mol. The Kier molecular flexibility index (Phi) is 9.93. The number of aryl methyl sites for hydroxylation is 1. The van der Waals surface area contributed by atoms with Gasteiger partial charge in [0.05, 0.1) is 29.1 Å². The number of H-pyrrole nitrogens is 1. The summed E-state index contributed by atoms with van der Waals surface area (Å²) in [6, 6.07) is 12.6. The van der Waals surface area contributed by atoms with Crippen molar-refractivity contribution in [2.75, 3.05) is 6.54 Å². The summed E-state index contributed by atoms with van der Waals surface area (Å²) >= 11 is 6.22. The van der Waals surface area contributed by atoms with Gasteiger partial charge in [-0.1, -0.05) is 29.8 Å². The molecule has 0 unspecified atom stereocenters. The number of benzene rings is 2. The van der Waals surface area contributed by atoms with Gasteiger partial charge < -0.3 is 26.5 Å². The van der Waals surface area contributed by atoms with Crippen LogP contribution in [0.2, 0.25) is 5.02 Å². The van der Waals surface area contributed by atoms with Crippen molar-refractivity contribution in [2.24, 2.45) is 11.5 Å². The highest BCUT2D eigenvalue weighted by molar-refractivity contribution is 6.31. The van der Waals surface area contributed by atoms with E-state index in [-0.39, 0.29) is 23.1 Å². The molecule has 2 heterocycles. The lowest BCUT2D eigenvalue weighted by Gasteiger charge is -2.15. The Morgan fingerprint density at radius 1 is 1.27 bits per heavy atom. The quantitative estimate of drug-likeness (QED) is 0.0874. The Morgan fingerprint density at radius 2 is 2.02 bits per heavy atom. The number of nitrogens with zero attached hydrogens (tertiary/aromatic N) is 2. The topological polar surface area (TPSA) is 148 Å². The molecule has 0 saturated carbocycles. The lowest BCUT2D eigenvalue weighted by molar-refractivity contribution is 0.0676.